The van der Waals surface area contributed by atoms with E-state index in [9.17, 15) is 4.21 Å². The van der Waals surface area contributed by atoms with Gasteiger partial charge in [-0.2, -0.15) is 4.21 Å². The lowest BCUT2D eigenvalue weighted by Crippen LogP contribution is -1.95. The second-order valence-corrected chi connectivity index (χ2v) is 2.77. The van der Waals surface area contributed by atoms with E-state index in [2.05, 4.69) is 15.5 Å². The van der Waals surface area contributed by atoms with E-state index in [0.717, 1.165) is 0 Å². The molecule has 0 saturated heterocycles. The fourth-order valence-corrected chi connectivity index (χ4v) is 0. The molecule has 0 aromatic heterocycles. The zero-order chi connectivity index (χ0) is 5.21. The van der Waals surface area contributed by atoms with E-state index >= 15 is 0 Å². The van der Waals surface area contributed by atoms with Crippen LogP contribution in [0.4, 0.5) is 0 Å². The minimum Gasteiger partial charge on any atom is -0.283 e. The van der Waals surface area contributed by atoms with Crippen molar-refractivity contribution in [1.29, 1.82) is 0 Å². The molecule has 0 rings (SSSR count). The van der Waals surface area contributed by atoms with Crippen molar-refractivity contribution in [2.24, 2.45) is 0 Å². The van der Waals surface area contributed by atoms with Crippen LogP contribution in [0.3, 0.4) is 0 Å². The van der Waals surface area contributed by atoms with Gasteiger partial charge in [0.15, 0.2) is 0 Å². The van der Waals surface area contributed by atoms with E-state index in [1.807, 2.05) is 0 Å². The van der Waals surface area contributed by atoms with Gasteiger partial charge in [0.05, 0.1) is 0 Å². The van der Waals surface area contributed by atoms with Crippen molar-refractivity contribution >= 4 is 20.2 Å². The number of hydrogen-bond acceptors (Lipinski definition) is 4. The van der Waals surface area contributed by atoms with E-state index in [4.69, 9.17) is 9.81 Å². The predicted molar refractivity (Wildman–Crippen MR) is 21.9 cm³/mol. The molecule has 0 aliphatic rings. The molecule has 0 aliphatic carbocycles. The van der Waals surface area contributed by atoms with E-state index in [1.54, 1.807) is 0 Å². The average Bonchev–Trinajstić information content (AvgIpc) is 1.35. The highest BCUT2D eigenvalue weighted by atomic mass is 32.9. The van der Waals surface area contributed by atoms with E-state index < -0.39 is 9.05 Å². The average molecular weight is 130 g/mol. The Morgan fingerprint density at radius 3 is 2.00 bits per heavy atom. The maximum absolute atomic E-state index is 9.45. The minimum atomic E-state index is -3.77. The van der Waals surface area contributed by atoms with Gasteiger partial charge in [0.25, 0.3) is 9.05 Å². The Labute approximate surface area is 39.4 Å². The van der Waals surface area contributed by atoms with Crippen LogP contribution in [0.5, 0.6) is 0 Å². The van der Waals surface area contributed by atoms with Crippen LogP contribution in [-0.2, 0) is 24.6 Å². The lowest BCUT2D eigenvalue weighted by molar-refractivity contribution is -0.132. The largest absolute Gasteiger partial charge is 0.293 e. The van der Waals surface area contributed by atoms with Gasteiger partial charge in [0, 0.05) is 11.2 Å². The zero-order valence-corrected chi connectivity index (χ0v) is 4.16. The highest BCUT2D eigenvalue weighted by Crippen LogP contribution is 1.76. The van der Waals surface area contributed by atoms with Gasteiger partial charge < -0.3 is 0 Å². The van der Waals surface area contributed by atoms with Crippen LogP contribution in [-0.4, -0.2) is 14.0 Å². The lowest BCUT2D eigenvalue weighted by atomic mass is 15.0. The van der Waals surface area contributed by atoms with Crippen LogP contribution in [0, 0.1) is 0 Å². The van der Waals surface area contributed by atoms with Gasteiger partial charge in [-0.1, -0.05) is 0 Å². The molecule has 1 unspecified atom stereocenters. The Morgan fingerprint density at radius 2 is 2.00 bits per heavy atom. The van der Waals surface area contributed by atoms with Gasteiger partial charge in [0.1, 0.15) is 0 Å². The van der Waals surface area contributed by atoms with Gasteiger partial charge >= 0.3 is 0 Å². The molecule has 0 radical (unpaired) electrons. The molecule has 6 heteroatoms. The molecule has 0 spiro atoms. The molecule has 0 heterocycles. The first-order chi connectivity index (χ1) is 2.56. The SMILES string of the molecule is O=S(O)(=S)OO. The summed E-state index contributed by atoms with van der Waals surface area (Å²) in [5.41, 5.74) is 0. The predicted octanol–water partition coefficient (Wildman–Crippen LogP) is -0.390. The highest BCUT2D eigenvalue weighted by molar-refractivity contribution is 8.26. The normalized spacial score (nSPS) is 19.7. The Hall–Kier alpha value is 0.250. The third-order valence-electron chi connectivity index (χ3n) is 0.0942. The smallest absolute Gasteiger partial charge is 0.283 e. The summed E-state index contributed by atoms with van der Waals surface area (Å²) in [5, 5.41) is 7.27. The number of rotatable bonds is 1. The summed E-state index contributed by atoms with van der Waals surface area (Å²) in [5.74, 6) is 0. The second kappa shape index (κ2) is 1.80. The Balaban J connectivity index is 3.85. The molecule has 2 N–H and O–H groups in total. The van der Waals surface area contributed by atoms with Crippen molar-refractivity contribution in [3.63, 3.8) is 0 Å². The van der Waals surface area contributed by atoms with E-state index in [0.29, 0.717) is 0 Å². The van der Waals surface area contributed by atoms with Crippen LogP contribution < -0.4 is 0 Å². The van der Waals surface area contributed by atoms with Crippen LogP contribution >= 0.6 is 0 Å². The molecule has 0 bridgehead atoms. The maximum atomic E-state index is 9.45. The first-order valence-electron chi connectivity index (χ1n) is 0.865. The molecular formula is H2O4S2. The topological polar surface area (TPSA) is 66.8 Å². The van der Waals surface area contributed by atoms with E-state index in [-0.39, 0.29) is 0 Å². The fraction of sp³-hybridized carbons (Fsp3) is 0. The monoisotopic (exact) mass is 130 g/mol. The molecule has 0 saturated carbocycles. The summed E-state index contributed by atoms with van der Waals surface area (Å²) in [6.07, 6.45) is 0. The van der Waals surface area contributed by atoms with Crippen LogP contribution in [0.2, 0.25) is 0 Å². The zero-order valence-electron chi connectivity index (χ0n) is 2.53. The van der Waals surface area contributed by atoms with Gasteiger partial charge in [-0.25, -0.2) is 5.26 Å². The Bertz CT molecular complexity index is 108. The molecule has 4 nitrogen and oxygen atoms in total. The molecular weight excluding hydrogens is 128 g/mol. The van der Waals surface area contributed by atoms with E-state index in [1.165, 1.54) is 0 Å². The second-order valence-electron chi connectivity index (χ2n) is 0.502. The molecule has 0 aliphatic heterocycles. The van der Waals surface area contributed by atoms with Crippen molar-refractivity contribution in [1.82, 2.24) is 0 Å². The van der Waals surface area contributed by atoms with Crippen molar-refractivity contribution in [2.45, 2.75) is 0 Å². The standard InChI is InChI=1S/H2O4S2/c1-4-6(2,3)5/h1H,(H,2,3,5). The number of hydrogen-bond donors (Lipinski definition) is 2. The summed E-state index contributed by atoms with van der Waals surface area (Å²) >= 11 is 3.60. The lowest BCUT2D eigenvalue weighted by Gasteiger charge is -1.83. The van der Waals surface area contributed by atoms with Crippen molar-refractivity contribution in [2.75, 3.05) is 0 Å². The maximum Gasteiger partial charge on any atom is 0.293 e. The van der Waals surface area contributed by atoms with Crippen molar-refractivity contribution < 1.29 is 18.4 Å². The fourth-order valence-electron chi connectivity index (χ4n) is 0. The molecule has 0 fully saturated rings. The molecule has 0 aromatic rings. The Kier molecular flexibility index (Phi) is 1.88. The Morgan fingerprint density at radius 1 is 1.83 bits per heavy atom. The first-order valence-corrected chi connectivity index (χ1v) is 3.23. The molecule has 0 amide bonds. The van der Waals surface area contributed by atoms with Crippen LogP contribution in [0.15, 0.2) is 0 Å². The first kappa shape index (κ1) is 6.25. The summed E-state index contributed by atoms with van der Waals surface area (Å²) in [7, 11) is -3.77. The van der Waals surface area contributed by atoms with Crippen LogP contribution in [0.25, 0.3) is 0 Å². The van der Waals surface area contributed by atoms with Gasteiger partial charge in [0.2, 0.25) is 0 Å². The summed E-state index contributed by atoms with van der Waals surface area (Å²) in [6.45, 7) is 0. The van der Waals surface area contributed by atoms with Crippen molar-refractivity contribution in [3.05, 3.63) is 0 Å². The third kappa shape index (κ3) is 4.25. The molecule has 0 aromatic carbocycles. The van der Waals surface area contributed by atoms with Gasteiger partial charge in [-0.15, -0.1) is 4.33 Å². The van der Waals surface area contributed by atoms with Gasteiger partial charge in [-0.05, 0) is 0 Å². The van der Waals surface area contributed by atoms with Crippen molar-refractivity contribution in [3.8, 4) is 0 Å². The van der Waals surface area contributed by atoms with Gasteiger partial charge in [-0.3, -0.25) is 4.55 Å². The van der Waals surface area contributed by atoms with Crippen LogP contribution in [0.1, 0.15) is 0 Å². The molecule has 6 heavy (non-hydrogen) atoms. The summed E-state index contributed by atoms with van der Waals surface area (Å²) in [6, 6.07) is 0. The highest BCUT2D eigenvalue weighted by Gasteiger charge is 1.91. The summed E-state index contributed by atoms with van der Waals surface area (Å²) in [4.78, 5) is 0. The third-order valence-corrected chi connectivity index (χ3v) is 0.465. The molecule has 38 valence electrons. The molecule has 1 atom stereocenters. The summed E-state index contributed by atoms with van der Waals surface area (Å²) < 4.78 is 20.0. The quantitative estimate of drug-likeness (QED) is 0.374. The minimum absolute atomic E-state index is 2.84.